The fourth-order valence-corrected chi connectivity index (χ4v) is 3.55. The Kier molecular flexibility index (Phi) is 7.07. The Hall–Kier alpha value is -3.07. The summed E-state index contributed by atoms with van der Waals surface area (Å²) in [5.74, 6) is 0.0903. The average Bonchev–Trinajstić information content (AvgIpc) is 3.17. The van der Waals surface area contributed by atoms with Crippen LogP contribution in [0.4, 0.5) is 5.69 Å². The van der Waals surface area contributed by atoms with Gasteiger partial charge >= 0.3 is 0 Å². The number of hydrazine groups is 1. The highest BCUT2D eigenvalue weighted by Crippen LogP contribution is 2.32. The third-order valence-electron chi connectivity index (χ3n) is 4.89. The summed E-state index contributed by atoms with van der Waals surface area (Å²) in [7, 11) is 0. The van der Waals surface area contributed by atoms with Crippen molar-refractivity contribution in [2.24, 2.45) is 17.6 Å². The molecule has 0 saturated heterocycles. The van der Waals surface area contributed by atoms with Crippen LogP contribution in [-0.2, 0) is 22.4 Å². The van der Waals surface area contributed by atoms with Gasteiger partial charge in [-0.3, -0.25) is 20.4 Å². The standard InChI is InChI=1S/C20H24N6O2S/c21-20(29)26-25-19(28)14-7-6-13(10-14)11-16-8-9-17(24-23-16)12-18(27)22-15-4-2-1-3-5-15/h1-5,8-9,13-14H,6-7,10-12H2,(H,22,27)(H,25,28)(H3,21,26,29). The molecule has 2 aromatic rings. The summed E-state index contributed by atoms with van der Waals surface area (Å²) in [6.07, 6.45) is 3.49. The van der Waals surface area contributed by atoms with Gasteiger partial charge < -0.3 is 11.1 Å². The van der Waals surface area contributed by atoms with E-state index >= 15 is 0 Å². The molecule has 1 aliphatic rings. The monoisotopic (exact) mass is 412 g/mol. The predicted molar refractivity (Wildman–Crippen MR) is 113 cm³/mol. The lowest BCUT2D eigenvalue weighted by atomic mass is 9.99. The number of carbonyl (C=O) groups is 2. The highest BCUT2D eigenvalue weighted by atomic mass is 32.1. The van der Waals surface area contributed by atoms with Crippen molar-refractivity contribution in [3.05, 3.63) is 53.9 Å². The number of hydrogen-bond donors (Lipinski definition) is 4. The summed E-state index contributed by atoms with van der Waals surface area (Å²) in [4.78, 5) is 24.2. The summed E-state index contributed by atoms with van der Waals surface area (Å²) in [5, 5.41) is 11.3. The molecule has 1 heterocycles. The lowest BCUT2D eigenvalue weighted by Gasteiger charge is -2.12. The molecule has 1 fully saturated rings. The molecule has 1 aliphatic carbocycles. The zero-order chi connectivity index (χ0) is 20.6. The fourth-order valence-electron chi connectivity index (χ4n) is 3.50. The third-order valence-corrected chi connectivity index (χ3v) is 5.00. The first kappa shape index (κ1) is 20.7. The number of hydrogen-bond acceptors (Lipinski definition) is 5. The molecule has 1 saturated carbocycles. The number of anilines is 1. The van der Waals surface area contributed by atoms with E-state index in [-0.39, 0.29) is 29.3 Å². The van der Waals surface area contributed by atoms with Crippen molar-refractivity contribution >= 4 is 34.8 Å². The van der Waals surface area contributed by atoms with Crippen LogP contribution >= 0.6 is 12.2 Å². The molecule has 9 heteroatoms. The van der Waals surface area contributed by atoms with E-state index in [9.17, 15) is 9.59 Å². The lowest BCUT2D eigenvalue weighted by Crippen LogP contribution is -2.46. The van der Waals surface area contributed by atoms with Crippen LogP contribution in [0.25, 0.3) is 0 Å². The Morgan fingerprint density at radius 2 is 1.76 bits per heavy atom. The number of nitrogens with two attached hydrogens (primary N) is 1. The van der Waals surface area contributed by atoms with Gasteiger partial charge in [-0.25, -0.2) is 0 Å². The molecule has 3 rings (SSSR count). The number of benzene rings is 1. The van der Waals surface area contributed by atoms with E-state index in [0.717, 1.165) is 37.1 Å². The summed E-state index contributed by atoms with van der Waals surface area (Å²) < 4.78 is 0. The second kappa shape index (κ2) is 9.92. The van der Waals surface area contributed by atoms with E-state index in [1.54, 1.807) is 0 Å². The quantitative estimate of drug-likeness (QED) is 0.419. The maximum atomic E-state index is 12.1. The topological polar surface area (TPSA) is 122 Å². The third kappa shape index (κ3) is 6.49. The predicted octanol–water partition coefficient (Wildman–Crippen LogP) is 1.48. The molecule has 0 aliphatic heterocycles. The van der Waals surface area contributed by atoms with Crippen LogP contribution < -0.4 is 21.9 Å². The molecule has 152 valence electrons. The molecular weight excluding hydrogens is 388 g/mol. The van der Waals surface area contributed by atoms with Gasteiger partial charge in [0.15, 0.2) is 5.11 Å². The summed E-state index contributed by atoms with van der Waals surface area (Å²) in [5.41, 5.74) is 12.6. The molecule has 2 amide bonds. The first-order chi connectivity index (χ1) is 14.0. The Morgan fingerprint density at radius 3 is 2.45 bits per heavy atom. The van der Waals surface area contributed by atoms with Crippen LogP contribution in [0.15, 0.2) is 42.5 Å². The Labute approximate surface area is 174 Å². The van der Waals surface area contributed by atoms with E-state index in [1.165, 1.54) is 0 Å². The lowest BCUT2D eigenvalue weighted by molar-refractivity contribution is -0.125. The van der Waals surface area contributed by atoms with Gasteiger partial charge in [-0.15, -0.1) is 0 Å². The van der Waals surface area contributed by atoms with Crippen LogP contribution in [0.5, 0.6) is 0 Å². The SMILES string of the molecule is NC(=S)NNC(=O)C1CCC(Cc2ccc(CC(=O)Nc3ccccc3)nn2)C1. The molecule has 29 heavy (non-hydrogen) atoms. The maximum Gasteiger partial charge on any atom is 0.241 e. The van der Waals surface area contributed by atoms with Gasteiger partial charge in [-0.05, 0) is 68.1 Å². The van der Waals surface area contributed by atoms with E-state index in [2.05, 4.69) is 38.6 Å². The second-order valence-corrected chi connectivity index (χ2v) is 7.61. The smallest absolute Gasteiger partial charge is 0.241 e. The fraction of sp³-hybridized carbons (Fsp3) is 0.350. The van der Waals surface area contributed by atoms with E-state index < -0.39 is 0 Å². The van der Waals surface area contributed by atoms with Crippen molar-refractivity contribution in [2.75, 3.05) is 5.32 Å². The van der Waals surface area contributed by atoms with Crippen LogP contribution in [0, 0.1) is 11.8 Å². The number of aromatic nitrogens is 2. The molecule has 0 radical (unpaired) electrons. The minimum atomic E-state index is -0.131. The Bertz CT molecular complexity index is 859. The molecule has 1 aromatic carbocycles. The van der Waals surface area contributed by atoms with Gasteiger partial charge in [0.2, 0.25) is 11.8 Å². The number of nitrogens with zero attached hydrogens (tertiary/aromatic N) is 2. The summed E-state index contributed by atoms with van der Waals surface area (Å²) >= 11 is 4.68. The normalized spacial score (nSPS) is 18.1. The largest absolute Gasteiger partial charge is 0.375 e. The number of carbonyl (C=O) groups excluding carboxylic acids is 2. The first-order valence-electron chi connectivity index (χ1n) is 9.51. The molecule has 0 bridgehead atoms. The molecular formula is C20H24N6O2S. The maximum absolute atomic E-state index is 12.1. The van der Waals surface area contributed by atoms with Crippen LogP contribution in [0.2, 0.25) is 0 Å². The second-order valence-electron chi connectivity index (χ2n) is 7.17. The minimum absolute atomic E-state index is 0.0423. The average molecular weight is 413 g/mol. The molecule has 5 N–H and O–H groups in total. The molecule has 0 spiro atoms. The molecule has 2 unspecified atom stereocenters. The van der Waals surface area contributed by atoms with E-state index in [0.29, 0.717) is 11.6 Å². The van der Waals surface area contributed by atoms with Crippen molar-refractivity contribution < 1.29 is 9.59 Å². The molecule has 2 atom stereocenters. The zero-order valence-corrected chi connectivity index (χ0v) is 16.7. The van der Waals surface area contributed by atoms with E-state index in [4.69, 9.17) is 5.73 Å². The van der Waals surface area contributed by atoms with Gasteiger partial charge in [0.25, 0.3) is 0 Å². The van der Waals surface area contributed by atoms with Crippen LogP contribution in [0.1, 0.15) is 30.7 Å². The van der Waals surface area contributed by atoms with Crippen molar-refractivity contribution in [1.29, 1.82) is 0 Å². The minimum Gasteiger partial charge on any atom is -0.375 e. The molecule has 8 nitrogen and oxygen atoms in total. The van der Waals surface area contributed by atoms with Gasteiger partial charge in [0.05, 0.1) is 17.8 Å². The van der Waals surface area contributed by atoms with Gasteiger partial charge in [0, 0.05) is 11.6 Å². The number of nitrogens with one attached hydrogen (secondary N) is 3. The van der Waals surface area contributed by atoms with Crippen molar-refractivity contribution in [2.45, 2.75) is 32.1 Å². The number of rotatable bonds is 6. The van der Waals surface area contributed by atoms with Crippen molar-refractivity contribution in [3.8, 4) is 0 Å². The zero-order valence-electron chi connectivity index (χ0n) is 15.9. The summed E-state index contributed by atoms with van der Waals surface area (Å²) in [6.45, 7) is 0. The number of thiocarbonyl (C=S) groups is 1. The van der Waals surface area contributed by atoms with Crippen LogP contribution in [0.3, 0.4) is 0 Å². The number of para-hydroxylation sites is 1. The Morgan fingerprint density at radius 1 is 1.03 bits per heavy atom. The highest BCUT2D eigenvalue weighted by molar-refractivity contribution is 7.80. The van der Waals surface area contributed by atoms with Crippen molar-refractivity contribution in [3.63, 3.8) is 0 Å². The number of amides is 2. The van der Waals surface area contributed by atoms with Crippen molar-refractivity contribution in [1.82, 2.24) is 21.0 Å². The van der Waals surface area contributed by atoms with Gasteiger partial charge in [-0.2, -0.15) is 10.2 Å². The summed E-state index contributed by atoms with van der Waals surface area (Å²) in [6, 6.07) is 13.0. The Balaban J connectivity index is 1.45. The highest BCUT2D eigenvalue weighted by Gasteiger charge is 2.30. The van der Waals surface area contributed by atoms with Gasteiger partial charge in [0.1, 0.15) is 0 Å². The van der Waals surface area contributed by atoms with E-state index in [1.807, 2.05) is 42.5 Å². The molecule has 1 aromatic heterocycles. The first-order valence-corrected chi connectivity index (χ1v) is 9.92. The van der Waals surface area contributed by atoms with Gasteiger partial charge in [-0.1, -0.05) is 18.2 Å². The van der Waals surface area contributed by atoms with Crippen LogP contribution in [-0.4, -0.2) is 27.1 Å².